The second-order valence-electron chi connectivity index (χ2n) is 2.00. The highest BCUT2D eigenvalue weighted by Crippen LogP contribution is 2.00. The summed E-state index contributed by atoms with van der Waals surface area (Å²) in [4.78, 5) is 3.82. The quantitative estimate of drug-likeness (QED) is 0.287. The normalized spacial score (nSPS) is 9.55. The highest BCUT2D eigenvalue weighted by molar-refractivity contribution is 7.99. The van der Waals surface area contributed by atoms with Crippen molar-refractivity contribution in [2.75, 3.05) is 24.7 Å². The highest BCUT2D eigenvalue weighted by atomic mass is 32.2. The Morgan fingerprint density at radius 2 is 2.09 bits per heavy atom. The van der Waals surface area contributed by atoms with Gasteiger partial charge in [-0.05, 0) is 12.2 Å². The van der Waals surface area contributed by atoms with Crippen LogP contribution in [-0.4, -0.2) is 35.7 Å². The largest absolute Gasteiger partial charge is 0.396 e. The predicted molar refractivity (Wildman–Crippen MR) is 49.7 cm³/mol. The molecule has 4 nitrogen and oxygen atoms in total. The standard InChI is InChI=1S/C6H15N3OS/c7-6(8)9-2-1-4-11-5-3-10/h10H,1-5H2,(H4,7,8,9). The van der Waals surface area contributed by atoms with Gasteiger partial charge in [-0.25, -0.2) is 0 Å². The van der Waals surface area contributed by atoms with Crippen LogP contribution in [0.15, 0.2) is 4.99 Å². The first-order valence-electron chi connectivity index (χ1n) is 3.51. The van der Waals surface area contributed by atoms with Crippen LogP contribution in [0, 0.1) is 0 Å². The summed E-state index contributed by atoms with van der Waals surface area (Å²) in [5.74, 6) is 1.94. The lowest BCUT2D eigenvalue weighted by atomic mass is 10.5. The lowest BCUT2D eigenvalue weighted by Crippen LogP contribution is -2.23. The molecular formula is C6H15N3OS. The van der Waals surface area contributed by atoms with E-state index in [1.807, 2.05) is 0 Å². The van der Waals surface area contributed by atoms with Gasteiger partial charge < -0.3 is 16.6 Å². The van der Waals surface area contributed by atoms with Crippen LogP contribution in [0.25, 0.3) is 0 Å². The maximum atomic E-state index is 8.42. The van der Waals surface area contributed by atoms with Gasteiger partial charge in [-0.3, -0.25) is 4.99 Å². The number of aliphatic imine (C=N–C) groups is 1. The minimum atomic E-state index is 0.150. The monoisotopic (exact) mass is 177 g/mol. The highest BCUT2D eigenvalue weighted by Gasteiger charge is 1.87. The maximum Gasteiger partial charge on any atom is 0.185 e. The fourth-order valence-corrected chi connectivity index (χ4v) is 1.21. The zero-order chi connectivity index (χ0) is 8.53. The fraction of sp³-hybridized carbons (Fsp3) is 0.833. The van der Waals surface area contributed by atoms with Crippen molar-refractivity contribution in [2.45, 2.75) is 6.42 Å². The van der Waals surface area contributed by atoms with Gasteiger partial charge in [0.1, 0.15) is 0 Å². The average Bonchev–Trinajstić information content (AvgIpc) is 1.96. The van der Waals surface area contributed by atoms with Crippen molar-refractivity contribution >= 4 is 17.7 Å². The molecule has 0 aromatic heterocycles. The number of nitrogens with two attached hydrogens (primary N) is 2. The van der Waals surface area contributed by atoms with Crippen LogP contribution in [-0.2, 0) is 0 Å². The van der Waals surface area contributed by atoms with E-state index >= 15 is 0 Å². The van der Waals surface area contributed by atoms with E-state index in [4.69, 9.17) is 16.6 Å². The van der Waals surface area contributed by atoms with Crippen molar-refractivity contribution in [1.82, 2.24) is 0 Å². The summed E-state index contributed by atoms with van der Waals surface area (Å²) in [6.45, 7) is 0.924. The molecule has 5 N–H and O–H groups in total. The molecule has 0 aliphatic rings. The molecule has 0 radical (unpaired) electrons. The van der Waals surface area contributed by atoms with Gasteiger partial charge in [0.15, 0.2) is 5.96 Å². The SMILES string of the molecule is NC(N)=NCCCSCCO. The van der Waals surface area contributed by atoms with Crippen molar-refractivity contribution in [1.29, 1.82) is 0 Å². The van der Waals surface area contributed by atoms with Gasteiger partial charge >= 0.3 is 0 Å². The van der Waals surface area contributed by atoms with Crippen LogP contribution in [0.4, 0.5) is 0 Å². The molecule has 0 aromatic carbocycles. The zero-order valence-corrected chi connectivity index (χ0v) is 7.31. The molecule has 0 atom stereocenters. The Labute approximate surface area is 71.1 Å². The van der Waals surface area contributed by atoms with Crippen LogP contribution in [0.3, 0.4) is 0 Å². The molecule has 0 saturated carbocycles. The summed E-state index contributed by atoms with van der Waals surface area (Å²) in [6.07, 6.45) is 0.961. The Morgan fingerprint density at radius 3 is 2.64 bits per heavy atom. The molecular weight excluding hydrogens is 162 g/mol. The summed E-state index contributed by atoms with van der Waals surface area (Å²) in [7, 11) is 0. The van der Waals surface area contributed by atoms with Crippen LogP contribution in [0.5, 0.6) is 0 Å². The van der Waals surface area contributed by atoms with E-state index in [1.54, 1.807) is 11.8 Å². The Kier molecular flexibility index (Phi) is 7.39. The van der Waals surface area contributed by atoms with E-state index in [2.05, 4.69) is 4.99 Å². The minimum absolute atomic E-state index is 0.150. The number of hydrogen-bond donors (Lipinski definition) is 3. The molecule has 11 heavy (non-hydrogen) atoms. The van der Waals surface area contributed by atoms with E-state index in [1.165, 1.54) is 0 Å². The van der Waals surface area contributed by atoms with Crippen molar-refractivity contribution < 1.29 is 5.11 Å². The van der Waals surface area contributed by atoms with Gasteiger partial charge in [0.05, 0.1) is 6.61 Å². The molecule has 0 bridgehead atoms. The molecule has 0 spiro atoms. The molecule has 0 rings (SSSR count). The first-order valence-corrected chi connectivity index (χ1v) is 4.67. The number of aliphatic hydroxyl groups excluding tert-OH is 1. The third kappa shape index (κ3) is 9.58. The van der Waals surface area contributed by atoms with Gasteiger partial charge in [-0.2, -0.15) is 11.8 Å². The van der Waals surface area contributed by atoms with Gasteiger partial charge in [0, 0.05) is 12.3 Å². The molecule has 0 unspecified atom stereocenters. The second-order valence-corrected chi connectivity index (χ2v) is 3.22. The predicted octanol–water partition coefficient (Wildman–Crippen LogP) is -0.625. The van der Waals surface area contributed by atoms with E-state index in [-0.39, 0.29) is 12.6 Å². The van der Waals surface area contributed by atoms with Gasteiger partial charge in [0.2, 0.25) is 0 Å². The lowest BCUT2D eigenvalue weighted by molar-refractivity contribution is 0.322. The second kappa shape index (κ2) is 7.68. The maximum absolute atomic E-state index is 8.42. The summed E-state index contributed by atoms with van der Waals surface area (Å²) in [6, 6.07) is 0. The van der Waals surface area contributed by atoms with Crippen LogP contribution in [0.1, 0.15) is 6.42 Å². The third-order valence-electron chi connectivity index (χ3n) is 0.977. The van der Waals surface area contributed by atoms with Gasteiger partial charge in [0.25, 0.3) is 0 Å². The molecule has 0 fully saturated rings. The van der Waals surface area contributed by atoms with Crippen molar-refractivity contribution in [3.8, 4) is 0 Å². The molecule has 0 saturated heterocycles. The Bertz CT molecular complexity index is 114. The molecule has 0 amide bonds. The van der Waals surface area contributed by atoms with Crippen molar-refractivity contribution in [2.24, 2.45) is 16.5 Å². The number of aliphatic hydroxyl groups is 1. The topological polar surface area (TPSA) is 84.6 Å². The Hall–Kier alpha value is -0.420. The Balaban J connectivity index is 2.97. The van der Waals surface area contributed by atoms with Gasteiger partial charge in [-0.15, -0.1) is 0 Å². The number of rotatable bonds is 6. The molecule has 0 heterocycles. The van der Waals surface area contributed by atoms with E-state index in [0.717, 1.165) is 17.9 Å². The van der Waals surface area contributed by atoms with E-state index < -0.39 is 0 Å². The Morgan fingerprint density at radius 1 is 1.36 bits per heavy atom. The smallest absolute Gasteiger partial charge is 0.185 e. The summed E-state index contributed by atoms with van der Waals surface area (Å²) < 4.78 is 0. The summed E-state index contributed by atoms with van der Waals surface area (Å²) >= 11 is 1.70. The number of thioether (sulfide) groups is 1. The molecule has 0 aliphatic heterocycles. The van der Waals surface area contributed by atoms with Crippen LogP contribution in [0.2, 0.25) is 0 Å². The minimum Gasteiger partial charge on any atom is -0.396 e. The number of nitrogens with zero attached hydrogens (tertiary/aromatic N) is 1. The van der Waals surface area contributed by atoms with E-state index in [0.29, 0.717) is 6.54 Å². The molecule has 0 aliphatic carbocycles. The van der Waals surface area contributed by atoms with E-state index in [9.17, 15) is 0 Å². The van der Waals surface area contributed by atoms with Crippen molar-refractivity contribution in [3.05, 3.63) is 0 Å². The summed E-state index contributed by atoms with van der Waals surface area (Å²) in [5, 5.41) is 8.42. The number of guanidine groups is 1. The molecule has 0 aromatic rings. The van der Waals surface area contributed by atoms with Gasteiger partial charge in [-0.1, -0.05) is 0 Å². The van der Waals surface area contributed by atoms with Crippen molar-refractivity contribution in [3.63, 3.8) is 0 Å². The first kappa shape index (κ1) is 10.6. The van der Waals surface area contributed by atoms with Crippen LogP contribution >= 0.6 is 11.8 Å². The fourth-order valence-electron chi connectivity index (χ4n) is 0.541. The summed E-state index contributed by atoms with van der Waals surface area (Å²) in [5.41, 5.74) is 10.2. The lowest BCUT2D eigenvalue weighted by Gasteiger charge is -1.96. The third-order valence-corrected chi connectivity index (χ3v) is 2.03. The molecule has 5 heteroatoms. The zero-order valence-electron chi connectivity index (χ0n) is 6.49. The average molecular weight is 177 g/mol. The first-order chi connectivity index (χ1) is 5.27. The number of hydrogen-bond acceptors (Lipinski definition) is 3. The molecule has 66 valence electrons. The van der Waals surface area contributed by atoms with Crippen LogP contribution < -0.4 is 11.5 Å².